The molecule has 150 valence electrons. The quantitative estimate of drug-likeness (QED) is 0.601. The predicted octanol–water partition coefficient (Wildman–Crippen LogP) is 0.935. The molecular weight excluding hydrogens is 376 g/mol. The van der Waals surface area contributed by atoms with Crippen LogP contribution in [-0.4, -0.2) is 72.0 Å². The SMILES string of the molecule is O=C(NCCN1CCOCC1)c1cc(O)c2c(c1)C(=O)c1cccc(O)c1C2=O. The Balaban J connectivity index is 1.56. The molecule has 8 heteroatoms. The van der Waals surface area contributed by atoms with Gasteiger partial charge in [-0.1, -0.05) is 12.1 Å². The Morgan fingerprint density at radius 1 is 1.00 bits per heavy atom. The molecule has 29 heavy (non-hydrogen) atoms. The van der Waals surface area contributed by atoms with Crippen molar-refractivity contribution in [2.45, 2.75) is 0 Å². The zero-order chi connectivity index (χ0) is 20.5. The van der Waals surface area contributed by atoms with E-state index in [0.29, 0.717) is 26.3 Å². The molecule has 0 radical (unpaired) electrons. The van der Waals surface area contributed by atoms with E-state index in [1.165, 1.54) is 30.3 Å². The van der Waals surface area contributed by atoms with Gasteiger partial charge in [-0.05, 0) is 18.2 Å². The molecule has 0 aromatic heterocycles. The maximum Gasteiger partial charge on any atom is 0.251 e. The standard InChI is InChI=1S/C21H20N2O6/c24-15-3-1-2-13-17(15)20(27)18-14(19(13)26)10-12(11-16(18)25)21(28)22-4-5-23-6-8-29-9-7-23/h1-3,10-11,24-25H,4-9H2,(H,22,28). The molecule has 0 atom stereocenters. The van der Waals surface area contributed by atoms with Crippen molar-refractivity contribution in [1.29, 1.82) is 0 Å². The summed E-state index contributed by atoms with van der Waals surface area (Å²) in [5.74, 6) is -2.41. The number of rotatable bonds is 4. The van der Waals surface area contributed by atoms with Crippen LogP contribution in [0.5, 0.6) is 11.5 Å². The molecule has 8 nitrogen and oxygen atoms in total. The van der Waals surface area contributed by atoms with Gasteiger partial charge < -0.3 is 20.3 Å². The monoisotopic (exact) mass is 396 g/mol. The molecule has 0 unspecified atom stereocenters. The number of carbonyl (C=O) groups is 3. The lowest BCUT2D eigenvalue weighted by molar-refractivity contribution is 0.0383. The maximum absolute atomic E-state index is 12.8. The van der Waals surface area contributed by atoms with E-state index in [4.69, 9.17) is 4.74 Å². The Hall–Kier alpha value is -3.23. The van der Waals surface area contributed by atoms with Crippen molar-refractivity contribution in [2.24, 2.45) is 0 Å². The number of amides is 1. The summed E-state index contributed by atoms with van der Waals surface area (Å²) in [5.41, 5.74) is -0.247. The summed E-state index contributed by atoms with van der Waals surface area (Å²) in [5, 5.41) is 23.1. The molecule has 2 aromatic rings. The van der Waals surface area contributed by atoms with Crippen LogP contribution in [0.2, 0.25) is 0 Å². The first-order valence-corrected chi connectivity index (χ1v) is 9.34. The van der Waals surface area contributed by atoms with Crippen molar-refractivity contribution in [2.75, 3.05) is 39.4 Å². The van der Waals surface area contributed by atoms with E-state index in [2.05, 4.69) is 10.2 Å². The smallest absolute Gasteiger partial charge is 0.251 e. The molecule has 1 aliphatic carbocycles. The van der Waals surface area contributed by atoms with Gasteiger partial charge in [0, 0.05) is 42.9 Å². The molecule has 3 N–H and O–H groups in total. The number of nitrogens with zero attached hydrogens (tertiary/aromatic N) is 1. The van der Waals surface area contributed by atoms with E-state index in [9.17, 15) is 24.6 Å². The second kappa shape index (κ2) is 7.65. The lowest BCUT2D eigenvalue weighted by atomic mass is 9.82. The summed E-state index contributed by atoms with van der Waals surface area (Å²) in [6.07, 6.45) is 0. The molecule has 2 aromatic carbocycles. The van der Waals surface area contributed by atoms with Crippen molar-refractivity contribution in [1.82, 2.24) is 10.2 Å². The minimum absolute atomic E-state index is 0.0479. The van der Waals surface area contributed by atoms with Gasteiger partial charge in [0.1, 0.15) is 11.5 Å². The lowest BCUT2D eigenvalue weighted by Crippen LogP contribution is -2.41. The largest absolute Gasteiger partial charge is 0.507 e. The summed E-state index contributed by atoms with van der Waals surface area (Å²) < 4.78 is 5.28. The topological polar surface area (TPSA) is 116 Å². The fourth-order valence-corrected chi connectivity index (χ4v) is 3.67. The molecule has 1 fully saturated rings. The number of hydrogen-bond acceptors (Lipinski definition) is 7. The van der Waals surface area contributed by atoms with Gasteiger partial charge in [0.05, 0.1) is 24.3 Å². The van der Waals surface area contributed by atoms with Gasteiger partial charge in [0.2, 0.25) is 5.78 Å². The number of phenolic OH excluding ortho intramolecular Hbond substituents is 2. The fourth-order valence-electron chi connectivity index (χ4n) is 3.67. The minimum Gasteiger partial charge on any atom is -0.507 e. The van der Waals surface area contributed by atoms with Crippen LogP contribution in [0.3, 0.4) is 0 Å². The van der Waals surface area contributed by atoms with Gasteiger partial charge in [-0.15, -0.1) is 0 Å². The Bertz CT molecular complexity index is 1010. The number of carbonyl (C=O) groups excluding carboxylic acids is 3. The Morgan fingerprint density at radius 3 is 2.48 bits per heavy atom. The van der Waals surface area contributed by atoms with Crippen molar-refractivity contribution < 1.29 is 29.3 Å². The fraction of sp³-hybridized carbons (Fsp3) is 0.286. The third kappa shape index (κ3) is 3.48. The van der Waals surface area contributed by atoms with Crippen LogP contribution in [-0.2, 0) is 4.74 Å². The number of ketones is 2. The summed E-state index contributed by atoms with van der Waals surface area (Å²) in [6, 6.07) is 6.69. The van der Waals surface area contributed by atoms with E-state index >= 15 is 0 Å². The normalized spacial score (nSPS) is 16.3. The van der Waals surface area contributed by atoms with Crippen LogP contribution in [0.15, 0.2) is 30.3 Å². The Morgan fingerprint density at radius 2 is 1.72 bits per heavy atom. The van der Waals surface area contributed by atoms with Gasteiger partial charge in [-0.3, -0.25) is 19.3 Å². The molecule has 0 saturated carbocycles. The maximum atomic E-state index is 12.8. The summed E-state index contributed by atoms with van der Waals surface area (Å²) in [6.45, 7) is 4.01. The molecule has 1 aliphatic heterocycles. The van der Waals surface area contributed by atoms with Crippen LogP contribution in [0.25, 0.3) is 0 Å². The van der Waals surface area contributed by atoms with E-state index in [-0.39, 0.29) is 33.6 Å². The number of aromatic hydroxyl groups is 2. The number of fused-ring (bicyclic) bond motifs is 2. The number of phenols is 2. The molecule has 4 rings (SSSR count). The van der Waals surface area contributed by atoms with E-state index in [1.54, 1.807) is 0 Å². The van der Waals surface area contributed by atoms with E-state index in [1.807, 2.05) is 0 Å². The number of morpholine rings is 1. The average Bonchev–Trinajstić information content (AvgIpc) is 2.72. The van der Waals surface area contributed by atoms with Gasteiger partial charge >= 0.3 is 0 Å². The van der Waals surface area contributed by atoms with Crippen LogP contribution < -0.4 is 5.32 Å². The molecule has 0 bridgehead atoms. The summed E-state index contributed by atoms with van der Waals surface area (Å²) >= 11 is 0. The Kier molecular flexibility index (Phi) is 5.04. The number of hydrogen-bond donors (Lipinski definition) is 3. The van der Waals surface area contributed by atoms with Gasteiger partial charge in [0.25, 0.3) is 5.91 Å². The molecule has 1 heterocycles. The molecule has 1 saturated heterocycles. The highest BCUT2D eigenvalue weighted by molar-refractivity contribution is 6.30. The van der Waals surface area contributed by atoms with Gasteiger partial charge in [0.15, 0.2) is 5.78 Å². The van der Waals surface area contributed by atoms with Gasteiger partial charge in [-0.25, -0.2) is 0 Å². The van der Waals surface area contributed by atoms with Crippen LogP contribution >= 0.6 is 0 Å². The van der Waals surface area contributed by atoms with Crippen molar-refractivity contribution >= 4 is 17.5 Å². The molecule has 0 spiro atoms. The first-order chi connectivity index (χ1) is 14.0. The van der Waals surface area contributed by atoms with E-state index in [0.717, 1.165) is 13.1 Å². The summed E-state index contributed by atoms with van der Waals surface area (Å²) in [4.78, 5) is 40.2. The third-order valence-electron chi connectivity index (χ3n) is 5.18. The lowest BCUT2D eigenvalue weighted by Gasteiger charge is -2.26. The van der Waals surface area contributed by atoms with Crippen LogP contribution in [0.4, 0.5) is 0 Å². The minimum atomic E-state index is -0.649. The van der Waals surface area contributed by atoms with Gasteiger partial charge in [-0.2, -0.15) is 0 Å². The zero-order valence-electron chi connectivity index (χ0n) is 15.6. The first kappa shape index (κ1) is 19.1. The van der Waals surface area contributed by atoms with Crippen molar-refractivity contribution in [3.05, 3.63) is 58.1 Å². The second-order valence-corrected chi connectivity index (χ2v) is 6.99. The summed E-state index contributed by atoms with van der Waals surface area (Å²) in [7, 11) is 0. The number of benzene rings is 2. The predicted molar refractivity (Wildman–Crippen MR) is 103 cm³/mol. The highest BCUT2D eigenvalue weighted by atomic mass is 16.5. The zero-order valence-corrected chi connectivity index (χ0v) is 15.6. The molecule has 2 aliphatic rings. The molecular formula is C21H20N2O6. The first-order valence-electron chi connectivity index (χ1n) is 9.34. The van der Waals surface area contributed by atoms with Crippen LogP contribution in [0.1, 0.15) is 42.2 Å². The average molecular weight is 396 g/mol. The number of nitrogens with one attached hydrogen (secondary N) is 1. The number of ether oxygens (including phenoxy) is 1. The second-order valence-electron chi connectivity index (χ2n) is 6.99. The van der Waals surface area contributed by atoms with Crippen molar-refractivity contribution in [3.63, 3.8) is 0 Å². The van der Waals surface area contributed by atoms with E-state index < -0.39 is 23.2 Å². The Labute approximate surface area is 166 Å². The van der Waals surface area contributed by atoms with Crippen molar-refractivity contribution in [3.8, 4) is 11.5 Å². The highest BCUT2D eigenvalue weighted by Gasteiger charge is 2.35. The highest BCUT2D eigenvalue weighted by Crippen LogP contribution is 2.37. The van der Waals surface area contributed by atoms with Crippen LogP contribution in [0, 0.1) is 0 Å². The third-order valence-corrected chi connectivity index (χ3v) is 5.18. The molecule has 1 amide bonds.